The topological polar surface area (TPSA) is 37.8 Å². The number of halogens is 3. The Kier molecular flexibility index (Phi) is 2.97. The molecule has 0 bridgehead atoms. The maximum absolute atomic E-state index is 13.5. The predicted octanol–water partition coefficient (Wildman–Crippen LogP) is 2.87. The van der Waals surface area contributed by atoms with Gasteiger partial charge in [-0.2, -0.15) is 0 Å². The summed E-state index contributed by atoms with van der Waals surface area (Å²) in [4.78, 5) is 7.94. The van der Waals surface area contributed by atoms with Crippen LogP contribution < -0.4 is 5.32 Å². The largest absolute Gasteiger partial charge is 0.371 e. The fourth-order valence-corrected chi connectivity index (χ4v) is 2.10. The number of aromatic nitrogens is 2. The molecular weight excluding hydrogens is 231 g/mol. The van der Waals surface area contributed by atoms with Gasteiger partial charge in [0.15, 0.2) is 11.6 Å². The minimum atomic E-state index is -2.64. The Morgan fingerprint density at radius 2 is 2.06 bits per heavy atom. The summed E-state index contributed by atoms with van der Waals surface area (Å²) in [6.45, 7) is 1.51. The van der Waals surface area contributed by atoms with Crippen LogP contribution in [0.1, 0.15) is 36.7 Å². The molecule has 1 heterocycles. The van der Waals surface area contributed by atoms with Crippen LogP contribution in [0.5, 0.6) is 0 Å². The Balaban J connectivity index is 2.31. The molecular formula is C11H14F3N3. The molecule has 1 saturated carbocycles. The molecule has 94 valence electrons. The van der Waals surface area contributed by atoms with Crippen LogP contribution in [0.4, 0.5) is 19.0 Å². The summed E-state index contributed by atoms with van der Waals surface area (Å²) in [5.41, 5.74) is 0.189. The zero-order valence-electron chi connectivity index (χ0n) is 9.73. The molecule has 1 aromatic rings. The van der Waals surface area contributed by atoms with E-state index in [0.717, 1.165) is 0 Å². The van der Waals surface area contributed by atoms with Gasteiger partial charge < -0.3 is 5.32 Å². The third-order valence-corrected chi connectivity index (χ3v) is 3.04. The van der Waals surface area contributed by atoms with Crippen molar-refractivity contribution in [2.75, 3.05) is 12.4 Å². The lowest BCUT2D eigenvalue weighted by Crippen LogP contribution is -2.12. The highest BCUT2D eigenvalue weighted by molar-refractivity contribution is 5.37. The number of alkyl halides is 2. The number of hydrogen-bond donors (Lipinski definition) is 1. The Hall–Kier alpha value is -1.33. The number of rotatable bonds is 2. The Morgan fingerprint density at radius 1 is 1.35 bits per heavy atom. The minimum Gasteiger partial charge on any atom is -0.371 e. The molecule has 1 unspecified atom stereocenters. The number of nitrogens with zero attached hydrogens (tertiary/aromatic N) is 2. The van der Waals surface area contributed by atoms with Crippen molar-refractivity contribution in [2.45, 2.75) is 38.0 Å². The number of hydrogen-bond acceptors (Lipinski definition) is 3. The first-order valence-corrected chi connectivity index (χ1v) is 5.52. The van der Waals surface area contributed by atoms with Crippen molar-refractivity contribution in [3.8, 4) is 0 Å². The second kappa shape index (κ2) is 4.16. The Morgan fingerprint density at radius 3 is 2.59 bits per heavy atom. The van der Waals surface area contributed by atoms with E-state index in [4.69, 9.17) is 0 Å². The SMILES string of the molecule is CNc1nc(C2CCC(F)(F)C2)nc(C)c1F. The Labute approximate surface area is 97.5 Å². The van der Waals surface area contributed by atoms with E-state index in [1.54, 1.807) is 0 Å². The van der Waals surface area contributed by atoms with E-state index in [2.05, 4.69) is 15.3 Å². The van der Waals surface area contributed by atoms with Gasteiger partial charge in [-0.25, -0.2) is 23.1 Å². The fraction of sp³-hybridized carbons (Fsp3) is 0.636. The van der Waals surface area contributed by atoms with Crippen LogP contribution in [0.15, 0.2) is 0 Å². The first kappa shape index (κ1) is 12.1. The summed E-state index contributed by atoms with van der Waals surface area (Å²) >= 11 is 0. The van der Waals surface area contributed by atoms with Crippen LogP contribution in [0.25, 0.3) is 0 Å². The van der Waals surface area contributed by atoms with Gasteiger partial charge in [-0.1, -0.05) is 0 Å². The summed E-state index contributed by atoms with van der Waals surface area (Å²) in [7, 11) is 1.54. The van der Waals surface area contributed by atoms with E-state index in [1.807, 2.05) is 0 Å². The molecule has 0 amide bonds. The number of aryl methyl sites for hydroxylation is 1. The first-order valence-electron chi connectivity index (χ1n) is 5.52. The van der Waals surface area contributed by atoms with E-state index < -0.39 is 11.7 Å². The van der Waals surface area contributed by atoms with Crippen LogP contribution in [0.2, 0.25) is 0 Å². The van der Waals surface area contributed by atoms with E-state index in [9.17, 15) is 13.2 Å². The third kappa shape index (κ3) is 2.35. The lowest BCUT2D eigenvalue weighted by molar-refractivity contribution is 0.00753. The van der Waals surface area contributed by atoms with Crippen LogP contribution in [0.3, 0.4) is 0 Å². The zero-order chi connectivity index (χ0) is 12.6. The molecule has 1 fully saturated rings. The van der Waals surface area contributed by atoms with Crippen molar-refractivity contribution in [3.05, 3.63) is 17.3 Å². The van der Waals surface area contributed by atoms with Gasteiger partial charge in [-0.05, 0) is 13.3 Å². The molecule has 6 heteroatoms. The molecule has 2 rings (SSSR count). The molecule has 1 N–H and O–H groups in total. The van der Waals surface area contributed by atoms with E-state index in [0.29, 0.717) is 12.2 Å². The second-order valence-electron chi connectivity index (χ2n) is 4.38. The normalized spacial score (nSPS) is 22.8. The maximum atomic E-state index is 13.5. The van der Waals surface area contributed by atoms with Crippen molar-refractivity contribution >= 4 is 5.82 Å². The number of nitrogens with one attached hydrogen (secondary N) is 1. The first-order chi connectivity index (χ1) is 7.93. The van der Waals surface area contributed by atoms with Gasteiger partial charge in [0.2, 0.25) is 5.92 Å². The smallest absolute Gasteiger partial charge is 0.248 e. The van der Waals surface area contributed by atoms with Gasteiger partial charge in [-0.15, -0.1) is 0 Å². The summed E-state index contributed by atoms with van der Waals surface area (Å²) in [6, 6.07) is 0. The summed E-state index contributed by atoms with van der Waals surface area (Å²) in [5.74, 6) is -3.17. The molecule has 0 radical (unpaired) electrons. The molecule has 1 aliphatic rings. The van der Waals surface area contributed by atoms with Gasteiger partial charge in [0.05, 0.1) is 5.69 Å². The van der Waals surface area contributed by atoms with Crippen LogP contribution in [0, 0.1) is 12.7 Å². The average Bonchev–Trinajstić information content (AvgIpc) is 2.62. The van der Waals surface area contributed by atoms with Crippen molar-refractivity contribution < 1.29 is 13.2 Å². The van der Waals surface area contributed by atoms with Gasteiger partial charge in [0.1, 0.15) is 5.82 Å². The van der Waals surface area contributed by atoms with Gasteiger partial charge in [0, 0.05) is 25.8 Å². The quantitative estimate of drug-likeness (QED) is 0.870. The van der Waals surface area contributed by atoms with Crippen LogP contribution in [-0.2, 0) is 0 Å². The highest BCUT2D eigenvalue weighted by Crippen LogP contribution is 2.43. The molecule has 0 saturated heterocycles. The van der Waals surface area contributed by atoms with Crippen LogP contribution in [-0.4, -0.2) is 22.9 Å². The van der Waals surface area contributed by atoms with Crippen molar-refractivity contribution in [1.82, 2.24) is 9.97 Å². The molecule has 1 aromatic heterocycles. The summed E-state index contributed by atoms with van der Waals surface area (Å²) in [6.07, 6.45) is -0.0468. The zero-order valence-corrected chi connectivity index (χ0v) is 9.73. The van der Waals surface area contributed by atoms with Crippen molar-refractivity contribution in [1.29, 1.82) is 0 Å². The standard InChI is InChI=1S/C11H14F3N3/c1-6-8(12)10(15-2)17-9(16-6)7-3-4-11(13,14)5-7/h7H,3-5H2,1-2H3,(H,15,16,17). The summed E-state index contributed by atoms with van der Waals surface area (Å²) in [5, 5.41) is 2.61. The van der Waals surface area contributed by atoms with E-state index in [-0.39, 0.29) is 30.3 Å². The van der Waals surface area contributed by atoms with Crippen LogP contribution >= 0.6 is 0 Å². The highest BCUT2D eigenvalue weighted by atomic mass is 19.3. The summed E-state index contributed by atoms with van der Waals surface area (Å²) < 4.78 is 39.7. The van der Waals surface area contributed by atoms with Crippen molar-refractivity contribution in [3.63, 3.8) is 0 Å². The van der Waals surface area contributed by atoms with Crippen molar-refractivity contribution in [2.24, 2.45) is 0 Å². The van der Waals surface area contributed by atoms with Gasteiger partial charge in [-0.3, -0.25) is 0 Å². The Bertz CT molecular complexity index is 434. The predicted molar refractivity (Wildman–Crippen MR) is 57.8 cm³/mol. The lowest BCUT2D eigenvalue weighted by atomic mass is 10.1. The molecule has 17 heavy (non-hydrogen) atoms. The van der Waals surface area contributed by atoms with Gasteiger partial charge >= 0.3 is 0 Å². The monoisotopic (exact) mass is 245 g/mol. The van der Waals surface area contributed by atoms with E-state index >= 15 is 0 Å². The molecule has 1 atom stereocenters. The average molecular weight is 245 g/mol. The second-order valence-corrected chi connectivity index (χ2v) is 4.38. The molecule has 0 aliphatic heterocycles. The molecule has 3 nitrogen and oxygen atoms in total. The van der Waals surface area contributed by atoms with Gasteiger partial charge in [0.25, 0.3) is 0 Å². The fourth-order valence-electron chi connectivity index (χ4n) is 2.10. The third-order valence-electron chi connectivity index (χ3n) is 3.04. The maximum Gasteiger partial charge on any atom is 0.248 e. The van der Waals surface area contributed by atoms with E-state index in [1.165, 1.54) is 14.0 Å². The molecule has 0 spiro atoms. The highest BCUT2D eigenvalue weighted by Gasteiger charge is 2.41. The number of anilines is 1. The minimum absolute atomic E-state index is 0.0720. The molecule has 1 aliphatic carbocycles. The molecule has 0 aromatic carbocycles. The lowest BCUT2D eigenvalue weighted by Gasteiger charge is -2.12.